The molecule has 1 fully saturated rings. The number of ether oxygens (including phenoxy) is 2. The van der Waals surface area contributed by atoms with E-state index in [0.717, 1.165) is 11.1 Å². The molecule has 2 aromatic rings. The summed E-state index contributed by atoms with van der Waals surface area (Å²) in [6, 6.07) is 12.4. The van der Waals surface area contributed by atoms with Gasteiger partial charge in [-0.2, -0.15) is 4.31 Å². The van der Waals surface area contributed by atoms with Crippen molar-refractivity contribution in [2.45, 2.75) is 38.1 Å². The van der Waals surface area contributed by atoms with Crippen LogP contribution in [0.2, 0.25) is 0 Å². The number of benzene rings is 2. The van der Waals surface area contributed by atoms with E-state index in [0.29, 0.717) is 44.0 Å². The lowest BCUT2D eigenvalue weighted by atomic mass is 9.98. The fraction of sp³-hybridized carbons (Fsp3) is 0.435. The van der Waals surface area contributed by atoms with Gasteiger partial charge in [0, 0.05) is 25.2 Å². The SMILES string of the molecule is CCOc1ccc(S(=O)(=O)N2CCC[C@H](C(=O)NCc3ccccc3OC)C2)cc1C. The second-order valence-electron chi connectivity index (χ2n) is 7.59. The van der Waals surface area contributed by atoms with E-state index < -0.39 is 10.0 Å². The molecule has 0 unspecified atom stereocenters. The lowest BCUT2D eigenvalue weighted by Gasteiger charge is -2.31. The molecule has 0 bridgehead atoms. The first-order chi connectivity index (χ1) is 14.9. The van der Waals surface area contributed by atoms with E-state index in [1.165, 1.54) is 4.31 Å². The number of para-hydroxylation sites is 1. The summed E-state index contributed by atoms with van der Waals surface area (Å²) in [6.45, 7) is 5.15. The largest absolute Gasteiger partial charge is 0.496 e. The molecule has 0 saturated carbocycles. The van der Waals surface area contributed by atoms with Crippen LogP contribution >= 0.6 is 0 Å². The second-order valence-corrected chi connectivity index (χ2v) is 9.53. The highest BCUT2D eigenvalue weighted by Crippen LogP contribution is 2.27. The van der Waals surface area contributed by atoms with Crippen LogP contribution in [0.3, 0.4) is 0 Å². The van der Waals surface area contributed by atoms with Gasteiger partial charge in [0.2, 0.25) is 15.9 Å². The maximum Gasteiger partial charge on any atom is 0.243 e. The van der Waals surface area contributed by atoms with Crippen molar-refractivity contribution in [2.24, 2.45) is 5.92 Å². The molecule has 1 aliphatic heterocycles. The number of sulfonamides is 1. The van der Waals surface area contributed by atoms with Gasteiger partial charge in [0.15, 0.2) is 0 Å². The first kappa shape index (κ1) is 23.1. The average molecular weight is 447 g/mol. The molecule has 168 valence electrons. The molecule has 0 radical (unpaired) electrons. The van der Waals surface area contributed by atoms with Crippen LogP contribution < -0.4 is 14.8 Å². The Kier molecular flexibility index (Phi) is 7.56. The molecule has 1 atom stereocenters. The van der Waals surface area contributed by atoms with E-state index in [2.05, 4.69) is 5.32 Å². The van der Waals surface area contributed by atoms with Gasteiger partial charge in [-0.15, -0.1) is 0 Å². The number of piperidine rings is 1. The zero-order chi connectivity index (χ0) is 22.4. The van der Waals surface area contributed by atoms with Crippen LogP contribution in [0, 0.1) is 12.8 Å². The third kappa shape index (κ3) is 5.37. The number of methoxy groups -OCH3 is 1. The number of aryl methyl sites for hydroxylation is 1. The fourth-order valence-electron chi connectivity index (χ4n) is 3.80. The molecule has 1 N–H and O–H groups in total. The summed E-state index contributed by atoms with van der Waals surface area (Å²) in [5, 5.41) is 2.93. The minimum absolute atomic E-state index is 0.145. The van der Waals surface area contributed by atoms with Gasteiger partial charge in [-0.1, -0.05) is 18.2 Å². The molecule has 1 heterocycles. The molecule has 1 saturated heterocycles. The maximum absolute atomic E-state index is 13.2. The summed E-state index contributed by atoms with van der Waals surface area (Å²) >= 11 is 0. The number of hydrogen-bond acceptors (Lipinski definition) is 5. The van der Waals surface area contributed by atoms with E-state index in [1.54, 1.807) is 25.3 Å². The predicted octanol–water partition coefficient (Wildman–Crippen LogP) is 3.12. The number of nitrogens with one attached hydrogen (secondary N) is 1. The first-order valence-electron chi connectivity index (χ1n) is 10.5. The van der Waals surface area contributed by atoms with Gasteiger partial charge in [-0.3, -0.25) is 4.79 Å². The number of carbonyl (C=O) groups is 1. The first-order valence-corrected chi connectivity index (χ1v) is 11.9. The van der Waals surface area contributed by atoms with Crippen molar-refractivity contribution in [1.82, 2.24) is 9.62 Å². The van der Waals surface area contributed by atoms with Gasteiger partial charge in [-0.05, 0) is 56.5 Å². The maximum atomic E-state index is 13.2. The summed E-state index contributed by atoms with van der Waals surface area (Å²) in [4.78, 5) is 13.0. The fourth-order valence-corrected chi connectivity index (χ4v) is 5.41. The van der Waals surface area contributed by atoms with Gasteiger partial charge in [0.05, 0.1) is 24.5 Å². The van der Waals surface area contributed by atoms with Crippen LogP contribution in [0.15, 0.2) is 47.4 Å². The summed E-state index contributed by atoms with van der Waals surface area (Å²) in [5.41, 5.74) is 1.65. The molecular formula is C23H30N2O5S. The van der Waals surface area contributed by atoms with Gasteiger partial charge in [0.25, 0.3) is 0 Å². The van der Waals surface area contributed by atoms with Crippen LogP contribution in [-0.2, 0) is 21.4 Å². The van der Waals surface area contributed by atoms with Crippen molar-refractivity contribution in [3.05, 3.63) is 53.6 Å². The predicted molar refractivity (Wildman–Crippen MR) is 119 cm³/mol. The standard InChI is InChI=1S/C23H30N2O5S/c1-4-30-21-12-11-20(14-17(21)2)31(27,28)25-13-7-9-19(16-25)23(26)24-15-18-8-5-6-10-22(18)29-3/h5-6,8,10-12,14,19H,4,7,9,13,15-16H2,1-3H3,(H,24,26)/t19-/m0/s1. The highest BCUT2D eigenvalue weighted by atomic mass is 32.2. The van der Waals surface area contributed by atoms with E-state index in [1.807, 2.05) is 38.1 Å². The Morgan fingerprint density at radius 2 is 1.97 bits per heavy atom. The summed E-state index contributed by atoms with van der Waals surface area (Å²) in [5.74, 6) is 0.853. The van der Waals surface area contributed by atoms with Crippen LogP contribution in [0.25, 0.3) is 0 Å². The van der Waals surface area contributed by atoms with E-state index in [9.17, 15) is 13.2 Å². The van der Waals surface area contributed by atoms with Crippen molar-refractivity contribution < 1.29 is 22.7 Å². The van der Waals surface area contributed by atoms with Gasteiger partial charge >= 0.3 is 0 Å². The highest BCUT2D eigenvalue weighted by molar-refractivity contribution is 7.89. The van der Waals surface area contributed by atoms with E-state index in [4.69, 9.17) is 9.47 Å². The minimum Gasteiger partial charge on any atom is -0.496 e. The van der Waals surface area contributed by atoms with Crippen LogP contribution in [0.5, 0.6) is 11.5 Å². The Balaban J connectivity index is 1.67. The Labute approximate surface area is 184 Å². The Bertz CT molecular complexity index is 1020. The molecule has 1 aliphatic rings. The Morgan fingerprint density at radius 3 is 2.68 bits per heavy atom. The number of hydrogen-bond donors (Lipinski definition) is 1. The van der Waals surface area contributed by atoms with Crippen LogP contribution in [0.1, 0.15) is 30.9 Å². The summed E-state index contributed by atoms with van der Waals surface area (Å²) in [7, 11) is -2.09. The molecular weight excluding hydrogens is 416 g/mol. The van der Waals surface area contributed by atoms with Gasteiger partial charge in [-0.25, -0.2) is 8.42 Å². The Hall–Kier alpha value is -2.58. The van der Waals surface area contributed by atoms with E-state index >= 15 is 0 Å². The molecule has 0 aliphatic carbocycles. The molecule has 0 aromatic heterocycles. The lowest BCUT2D eigenvalue weighted by molar-refractivity contribution is -0.126. The van der Waals surface area contributed by atoms with Gasteiger partial charge < -0.3 is 14.8 Å². The monoisotopic (exact) mass is 446 g/mol. The molecule has 3 rings (SSSR count). The highest BCUT2D eigenvalue weighted by Gasteiger charge is 2.33. The molecule has 2 aromatic carbocycles. The summed E-state index contributed by atoms with van der Waals surface area (Å²) in [6.07, 6.45) is 1.30. The molecule has 31 heavy (non-hydrogen) atoms. The second kappa shape index (κ2) is 10.2. The molecule has 1 amide bonds. The average Bonchev–Trinajstić information content (AvgIpc) is 2.79. The molecule has 7 nitrogen and oxygen atoms in total. The van der Waals surface area contributed by atoms with E-state index in [-0.39, 0.29) is 23.3 Å². The normalized spacial score (nSPS) is 17.2. The van der Waals surface area contributed by atoms with Crippen molar-refractivity contribution >= 4 is 15.9 Å². The topological polar surface area (TPSA) is 84.9 Å². The van der Waals surface area contributed by atoms with Crippen molar-refractivity contribution in [3.8, 4) is 11.5 Å². The lowest BCUT2D eigenvalue weighted by Crippen LogP contribution is -2.45. The van der Waals surface area contributed by atoms with Crippen molar-refractivity contribution in [1.29, 1.82) is 0 Å². The zero-order valence-corrected chi connectivity index (χ0v) is 19.1. The number of nitrogens with zero attached hydrogens (tertiary/aromatic N) is 1. The quantitative estimate of drug-likeness (QED) is 0.674. The van der Waals surface area contributed by atoms with Crippen molar-refractivity contribution in [2.75, 3.05) is 26.8 Å². The van der Waals surface area contributed by atoms with Crippen LogP contribution in [0.4, 0.5) is 0 Å². The zero-order valence-electron chi connectivity index (χ0n) is 18.3. The molecule has 0 spiro atoms. The van der Waals surface area contributed by atoms with Crippen LogP contribution in [-0.4, -0.2) is 45.4 Å². The number of carbonyl (C=O) groups excluding carboxylic acids is 1. The third-order valence-electron chi connectivity index (χ3n) is 5.48. The minimum atomic E-state index is -3.68. The Morgan fingerprint density at radius 1 is 1.19 bits per heavy atom. The number of amides is 1. The smallest absolute Gasteiger partial charge is 0.243 e. The number of rotatable bonds is 8. The van der Waals surface area contributed by atoms with Gasteiger partial charge in [0.1, 0.15) is 11.5 Å². The third-order valence-corrected chi connectivity index (χ3v) is 7.35. The molecule has 8 heteroatoms. The van der Waals surface area contributed by atoms with Crippen molar-refractivity contribution in [3.63, 3.8) is 0 Å². The summed E-state index contributed by atoms with van der Waals surface area (Å²) < 4.78 is 38.6.